The molecular weight excluding hydrogens is 450 g/mol. The maximum absolute atomic E-state index is 11.7. The Hall–Kier alpha value is -3.23. The number of benzene rings is 2. The van der Waals surface area contributed by atoms with Crippen molar-refractivity contribution in [3.63, 3.8) is 0 Å². The predicted octanol–water partition coefficient (Wildman–Crippen LogP) is 5.83. The molecule has 0 N–H and O–H groups in total. The molecule has 0 aliphatic rings. The van der Waals surface area contributed by atoms with Crippen molar-refractivity contribution in [3.05, 3.63) is 77.2 Å². The maximum atomic E-state index is 11.7. The van der Waals surface area contributed by atoms with E-state index in [1.54, 1.807) is 19.2 Å². The van der Waals surface area contributed by atoms with Gasteiger partial charge < -0.3 is 13.9 Å². The number of carbonyl (C=O) groups excluding carboxylic acids is 1. The molecule has 2 aromatic carbocycles. The van der Waals surface area contributed by atoms with Crippen LogP contribution in [-0.2, 0) is 4.74 Å². The van der Waals surface area contributed by atoms with E-state index in [9.17, 15) is 4.79 Å². The molecule has 1 atom stereocenters. The molecule has 0 unspecified atom stereocenters. The monoisotopic (exact) mass is 469 g/mol. The fourth-order valence-corrected chi connectivity index (χ4v) is 4.24. The average Bonchev–Trinajstić information content (AvgIpc) is 3.47. The Morgan fingerprint density at radius 2 is 1.81 bits per heavy atom. The van der Waals surface area contributed by atoms with E-state index < -0.39 is 5.97 Å². The van der Waals surface area contributed by atoms with Crippen molar-refractivity contribution in [3.8, 4) is 22.8 Å². The van der Waals surface area contributed by atoms with Gasteiger partial charge in [0.2, 0.25) is 5.76 Å². The zero-order valence-corrected chi connectivity index (χ0v) is 19.2. The first-order valence-corrected chi connectivity index (χ1v) is 11.0. The lowest BCUT2D eigenvalue weighted by Gasteiger charge is -2.14. The second-order valence-electron chi connectivity index (χ2n) is 6.77. The largest absolute Gasteiger partial charge is 0.496 e. The molecule has 164 valence electrons. The summed E-state index contributed by atoms with van der Waals surface area (Å²) in [6, 6.07) is 18.4. The zero-order chi connectivity index (χ0) is 22.7. The summed E-state index contributed by atoms with van der Waals surface area (Å²) in [6.07, 6.45) is 0. The minimum atomic E-state index is -0.517. The molecule has 0 saturated heterocycles. The number of hydrogen-bond acceptors (Lipinski definition) is 7. The van der Waals surface area contributed by atoms with E-state index in [0.29, 0.717) is 27.5 Å². The van der Waals surface area contributed by atoms with Gasteiger partial charge in [-0.15, -0.1) is 10.2 Å². The van der Waals surface area contributed by atoms with Gasteiger partial charge in [0.25, 0.3) is 0 Å². The molecular formula is C23H20ClN3O4S. The van der Waals surface area contributed by atoms with E-state index in [1.807, 2.05) is 60.0 Å². The number of carbonyl (C=O) groups is 1. The van der Waals surface area contributed by atoms with E-state index in [1.165, 1.54) is 18.9 Å². The van der Waals surface area contributed by atoms with Gasteiger partial charge in [0, 0.05) is 10.7 Å². The van der Waals surface area contributed by atoms with E-state index in [4.69, 9.17) is 25.5 Å². The number of thioether (sulfide) groups is 1. The van der Waals surface area contributed by atoms with Crippen LogP contribution in [0.3, 0.4) is 0 Å². The van der Waals surface area contributed by atoms with Crippen molar-refractivity contribution in [2.45, 2.75) is 17.3 Å². The number of halogens is 1. The highest BCUT2D eigenvalue weighted by molar-refractivity contribution is 7.99. The Bertz CT molecular complexity index is 1240. The van der Waals surface area contributed by atoms with Gasteiger partial charge in [0.15, 0.2) is 11.0 Å². The van der Waals surface area contributed by atoms with Gasteiger partial charge in [-0.3, -0.25) is 4.57 Å². The summed E-state index contributed by atoms with van der Waals surface area (Å²) in [5.41, 5.74) is 1.66. The van der Waals surface area contributed by atoms with Gasteiger partial charge >= 0.3 is 5.97 Å². The highest BCUT2D eigenvalue weighted by atomic mass is 35.5. The van der Waals surface area contributed by atoms with Gasteiger partial charge in [-0.2, -0.15) is 0 Å². The molecule has 0 aliphatic carbocycles. The van der Waals surface area contributed by atoms with E-state index in [0.717, 1.165) is 11.3 Å². The molecule has 32 heavy (non-hydrogen) atoms. The number of furan rings is 1. The molecule has 0 saturated carbocycles. The van der Waals surface area contributed by atoms with Crippen LogP contribution in [-0.4, -0.2) is 35.0 Å². The van der Waals surface area contributed by atoms with Crippen molar-refractivity contribution in [1.29, 1.82) is 0 Å². The second-order valence-corrected chi connectivity index (χ2v) is 8.52. The summed E-state index contributed by atoms with van der Waals surface area (Å²) in [6.45, 7) is 1.97. The molecule has 4 rings (SSSR count). The van der Waals surface area contributed by atoms with Crippen LogP contribution in [0.25, 0.3) is 17.1 Å². The summed E-state index contributed by atoms with van der Waals surface area (Å²) in [4.78, 5) is 11.7. The third-order valence-electron chi connectivity index (χ3n) is 4.76. The Morgan fingerprint density at radius 1 is 1.06 bits per heavy atom. The number of nitrogens with zero attached hydrogens (tertiary/aromatic N) is 3. The number of ether oxygens (including phenoxy) is 2. The highest BCUT2D eigenvalue weighted by Gasteiger charge is 2.23. The van der Waals surface area contributed by atoms with Gasteiger partial charge in [-0.05, 0) is 55.5 Å². The number of para-hydroxylation sites is 1. The van der Waals surface area contributed by atoms with Crippen molar-refractivity contribution in [2.75, 3.05) is 14.2 Å². The first-order chi connectivity index (χ1) is 15.5. The SMILES string of the molecule is COC(=O)c1ccc([C@@H](C)Sc2nnc(-c3ccccc3OC)n2-c2ccc(Cl)cc2)o1. The topological polar surface area (TPSA) is 79.4 Å². The van der Waals surface area contributed by atoms with Crippen LogP contribution in [0.15, 0.2) is 70.2 Å². The molecule has 0 spiro atoms. The van der Waals surface area contributed by atoms with Gasteiger partial charge in [0.05, 0.1) is 25.0 Å². The van der Waals surface area contributed by atoms with Crippen LogP contribution in [0.1, 0.15) is 28.5 Å². The zero-order valence-electron chi connectivity index (χ0n) is 17.6. The first kappa shape index (κ1) is 22.0. The first-order valence-electron chi connectivity index (χ1n) is 9.71. The third-order valence-corrected chi connectivity index (χ3v) is 6.08. The lowest BCUT2D eigenvalue weighted by molar-refractivity contribution is 0.0563. The Morgan fingerprint density at radius 3 is 2.53 bits per heavy atom. The molecule has 0 radical (unpaired) electrons. The van der Waals surface area contributed by atoms with Crippen LogP contribution in [0.5, 0.6) is 5.75 Å². The minimum absolute atomic E-state index is 0.144. The fraction of sp³-hybridized carbons (Fsp3) is 0.174. The average molecular weight is 470 g/mol. The number of esters is 1. The lowest BCUT2D eigenvalue weighted by Crippen LogP contribution is -2.01. The number of rotatable bonds is 7. The van der Waals surface area contributed by atoms with E-state index >= 15 is 0 Å². The Balaban J connectivity index is 1.75. The summed E-state index contributed by atoms with van der Waals surface area (Å²) in [5, 5.41) is 10.0. The van der Waals surface area contributed by atoms with Crippen LogP contribution >= 0.6 is 23.4 Å². The summed E-state index contributed by atoms with van der Waals surface area (Å²) >= 11 is 7.56. The van der Waals surface area contributed by atoms with Crippen LogP contribution in [0, 0.1) is 0 Å². The fourth-order valence-electron chi connectivity index (χ4n) is 3.17. The standard InChI is InChI=1S/C23H20ClN3O4S/c1-14(18-12-13-20(31-18)22(28)30-3)32-23-26-25-21(17-6-4-5-7-19(17)29-2)27(23)16-10-8-15(24)9-11-16/h4-14H,1-3H3/t14-/m1/s1. The molecule has 2 heterocycles. The van der Waals surface area contributed by atoms with Crippen molar-refractivity contribution in [2.24, 2.45) is 0 Å². The smallest absolute Gasteiger partial charge is 0.373 e. The molecule has 0 amide bonds. The van der Waals surface area contributed by atoms with Crippen molar-refractivity contribution < 1.29 is 18.7 Å². The maximum Gasteiger partial charge on any atom is 0.373 e. The molecule has 0 bridgehead atoms. The molecule has 0 fully saturated rings. The van der Waals surface area contributed by atoms with Crippen molar-refractivity contribution >= 4 is 29.3 Å². The van der Waals surface area contributed by atoms with Crippen LogP contribution in [0.2, 0.25) is 5.02 Å². The number of hydrogen-bond donors (Lipinski definition) is 0. The van der Waals surface area contributed by atoms with Gasteiger partial charge in [-0.1, -0.05) is 35.5 Å². The summed E-state index contributed by atoms with van der Waals surface area (Å²) in [7, 11) is 2.94. The number of aromatic nitrogens is 3. The second kappa shape index (κ2) is 9.50. The van der Waals surface area contributed by atoms with Crippen LogP contribution < -0.4 is 4.74 Å². The third kappa shape index (κ3) is 4.37. The molecule has 4 aromatic rings. The normalized spacial score (nSPS) is 11.9. The van der Waals surface area contributed by atoms with E-state index in [2.05, 4.69) is 10.2 Å². The quantitative estimate of drug-likeness (QED) is 0.249. The Kier molecular flexibility index (Phi) is 6.53. The van der Waals surface area contributed by atoms with Crippen molar-refractivity contribution in [1.82, 2.24) is 14.8 Å². The summed E-state index contributed by atoms with van der Waals surface area (Å²) in [5.74, 6) is 1.59. The molecule has 0 aliphatic heterocycles. The van der Waals surface area contributed by atoms with Crippen LogP contribution in [0.4, 0.5) is 0 Å². The van der Waals surface area contributed by atoms with Gasteiger partial charge in [-0.25, -0.2) is 4.79 Å². The number of methoxy groups -OCH3 is 2. The highest BCUT2D eigenvalue weighted by Crippen LogP contribution is 2.39. The van der Waals surface area contributed by atoms with E-state index in [-0.39, 0.29) is 11.0 Å². The lowest BCUT2D eigenvalue weighted by atomic mass is 10.2. The molecule has 9 heteroatoms. The summed E-state index contributed by atoms with van der Waals surface area (Å²) < 4.78 is 17.9. The predicted molar refractivity (Wildman–Crippen MR) is 123 cm³/mol. The Labute approximate surface area is 194 Å². The minimum Gasteiger partial charge on any atom is -0.496 e. The molecule has 2 aromatic heterocycles. The van der Waals surface area contributed by atoms with Gasteiger partial charge in [0.1, 0.15) is 11.5 Å². The molecule has 7 nitrogen and oxygen atoms in total.